The van der Waals surface area contributed by atoms with E-state index in [0.717, 1.165) is 16.8 Å². The molecule has 2 fully saturated rings. The van der Waals surface area contributed by atoms with Gasteiger partial charge < -0.3 is 14.9 Å². The molecule has 7 nitrogen and oxygen atoms in total. The number of ether oxygens (including phenoxy) is 1. The quantitative estimate of drug-likeness (QED) is 0.635. The smallest absolute Gasteiger partial charge is 0.330 e. The van der Waals surface area contributed by atoms with Gasteiger partial charge in [0.05, 0.1) is 12.7 Å². The molecule has 3 N–H and O–H groups in total. The molecule has 1 unspecified atom stereocenters. The van der Waals surface area contributed by atoms with Crippen LogP contribution in [0.1, 0.15) is 12.6 Å². The minimum atomic E-state index is -3.20. The lowest BCUT2D eigenvalue weighted by atomic mass is 9.95. The lowest BCUT2D eigenvalue weighted by Crippen LogP contribution is -2.38. The molecule has 0 amide bonds. The molecule has 1 saturated heterocycles. The second-order valence-electron chi connectivity index (χ2n) is 5.09. The van der Waals surface area contributed by atoms with Crippen molar-refractivity contribution in [1.29, 1.82) is 0 Å². The molecule has 2 heterocycles. The van der Waals surface area contributed by atoms with Crippen LogP contribution in [0.4, 0.5) is 8.78 Å². The maximum atomic E-state index is 13.7. The van der Waals surface area contributed by atoms with Gasteiger partial charge in [0, 0.05) is 18.7 Å². The highest BCUT2D eigenvalue weighted by Crippen LogP contribution is 2.71. The Morgan fingerprint density at radius 3 is 2.65 bits per heavy atom. The second-order valence-corrected chi connectivity index (χ2v) is 5.09. The third-order valence-corrected chi connectivity index (χ3v) is 3.98. The molecule has 1 aromatic heterocycles. The largest absolute Gasteiger partial charge is 0.394 e. The molecule has 1 aliphatic heterocycles. The molecule has 1 aliphatic carbocycles. The van der Waals surface area contributed by atoms with Gasteiger partial charge in [0.15, 0.2) is 6.23 Å². The van der Waals surface area contributed by atoms with Crippen molar-refractivity contribution in [2.75, 3.05) is 6.61 Å². The minimum absolute atomic E-state index is 0.645. The number of nitrogens with one attached hydrogen (secondary N) is 1. The van der Waals surface area contributed by atoms with Gasteiger partial charge in [-0.15, -0.1) is 0 Å². The molecule has 20 heavy (non-hydrogen) atoms. The molecule has 1 saturated carbocycles. The number of aromatic amines is 1. The molecule has 3 rings (SSSR count). The van der Waals surface area contributed by atoms with Crippen LogP contribution in [0, 0.1) is 5.41 Å². The first-order chi connectivity index (χ1) is 9.33. The molecular formula is C11H12F2N2O5. The highest BCUT2D eigenvalue weighted by Gasteiger charge is 2.83. The number of halogens is 2. The Balaban J connectivity index is 2.09. The van der Waals surface area contributed by atoms with E-state index in [-0.39, 0.29) is 0 Å². The Bertz CT molecular complexity index is 657. The van der Waals surface area contributed by atoms with Crippen molar-refractivity contribution in [3.63, 3.8) is 0 Å². The third kappa shape index (κ3) is 1.54. The number of hydrogen-bond acceptors (Lipinski definition) is 5. The van der Waals surface area contributed by atoms with Crippen molar-refractivity contribution in [1.82, 2.24) is 9.55 Å². The van der Waals surface area contributed by atoms with E-state index in [0.29, 0.717) is 0 Å². The van der Waals surface area contributed by atoms with Crippen LogP contribution in [0.3, 0.4) is 0 Å². The summed E-state index contributed by atoms with van der Waals surface area (Å²) in [5.41, 5.74) is -3.52. The first kappa shape index (κ1) is 13.4. The number of hydrogen-bond donors (Lipinski definition) is 3. The lowest BCUT2D eigenvalue weighted by Gasteiger charge is -2.21. The maximum Gasteiger partial charge on any atom is 0.330 e. The zero-order valence-corrected chi connectivity index (χ0v) is 10.1. The van der Waals surface area contributed by atoms with E-state index in [1.165, 1.54) is 0 Å². The zero-order valence-electron chi connectivity index (χ0n) is 10.1. The minimum Gasteiger partial charge on any atom is -0.394 e. The summed E-state index contributed by atoms with van der Waals surface area (Å²) in [6.45, 7) is -0.645. The van der Waals surface area contributed by atoms with E-state index in [1.807, 2.05) is 4.98 Å². The average molecular weight is 290 g/mol. The summed E-state index contributed by atoms with van der Waals surface area (Å²) in [5.74, 6) is -3.20. The number of aromatic nitrogens is 2. The highest BCUT2D eigenvalue weighted by atomic mass is 19.3. The first-order valence-corrected chi connectivity index (χ1v) is 5.97. The summed E-state index contributed by atoms with van der Waals surface area (Å²) in [6, 6.07) is 0.998. The number of nitrogens with zero attached hydrogens (tertiary/aromatic N) is 1. The molecule has 4 atom stereocenters. The number of alkyl halides is 2. The molecule has 1 aromatic rings. The molecule has 9 heteroatoms. The van der Waals surface area contributed by atoms with E-state index in [2.05, 4.69) is 0 Å². The summed E-state index contributed by atoms with van der Waals surface area (Å²) >= 11 is 0. The molecule has 0 bridgehead atoms. The Morgan fingerprint density at radius 1 is 1.50 bits per heavy atom. The molecule has 110 valence electrons. The van der Waals surface area contributed by atoms with Gasteiger partial charge in [-0.2, -0.15) is 0 Å². The average Bonchev–Trinajstić information content (AvgIpc) is 2.84. The molecule has 0 aromatic carbocycles. The van der Waals surface area contributed by atoms with Gasteiger partial charge in [-0.1, -0.05) is 0 Å². The van der Waals surface area contributed by atoms with Crippen molar-refractivity contribution in [2.45, 2.75) is 30.8 Å². The monoisotopic (exact) mass is 290 g/mol. The molecule has 1 spiro atoms. The standard InChI is InChI=1S/C11H12F2N2O5/c12-11(13)4-10(11)7(18)5(3-16)20-8(10)15-2-1-6(17)14-9(15)19/h1-2,5,7-8,16,18H,3-4H2,(H,14,17,19)/t5-,7?,8-,10-/m1/s1. The predicted molar refractivity (Wildman–Crippen MR) is 60.3 cm³/mol. The van der Waals surface area contributed by atoms with E-state index in [9.17, 15) is 23.5 Å². The van der Waals surface area contributed by atoms with E-state index in [4.69, 9.17) is 9.84 Å². The summed E-state index contributed by atoms with van der Waals surface area (Å²) in [5, 5.41) is 19.0. The topological polar surface area (TPSA) is 105 Å². The Kier molecular flexibility index (Phi) is 2.66. The van der Waals surface area contributed by atoms with Crippen molar-refractivity contribution in [3.8, 4) is 0 Å². The molecule has 2 aliphatic rings. The van der Waals surface area contributed by atoms with Crippen LogP contribution in [0.2, 0.25) is 0 Å². The summed E-state index contributed by atoms with van der Waals surface area (Å²) in [7, 11) is 0. The number of H-pyrrole nitrogens is 1. The molecule has 0 radical (unpaired) electrons. The van der Waals surface area contributed by atoms with Gasteiger partial charge >= 0.3 is 5.69 Å². The van der Waals surface area contributed by atoms with E-state index in [1.54, 1.807) is 0 Å². The summed E-state index contributed by atoms with van der Waals surface area (Å²) in [4.78, 5) is 24.6. The maximum absolute atomic E-state index is 13.7. The zero-order chi connectivity index (χ0) is 14.7. The van der Waals surface area contributed by atoms with E-state index >= 15 is 0 Å². The van der Waals surface area contributed by atoms with Gasteiger partial charge in [-0.3, -0.25) is 14.3 Å². The van der Waals surface area contributed by atoms with Crippen LogP contribution in [0.5, 0.6) is 0 Å². The summed E-state index contributed by atoms with van der Waals surface area (Å²) in [6.07, 6.45) is -3.84. The lowest BCUT2D eigenvalue weighted by molar-refractivity contribution is -0.0596. The van der Waals surface area contributed by atoms with Crippen LogP contribution in [-0.4, -0.2) is 44.5 Å². The number of rotatable bonds is 2. The fourth-order valence-corrected chi connectivity index (χ4v) is 2.82. The first-order valence-electron chi connectivity index (χ1n) is 5.97. The third-order valence-electron chi connectivity index (χ3n) is 3.98. The van der Waals surface area contributed by atoms with Crippen molar-refractivity contribution in [2.24, 2.45) is 5.41 Å². The van der Waals surface area contributed by atoms with Crippen molar-refractivity contribution >= 4 is 0 Å². The normalized spacial score (nSPS) is 38.3. The SMILES string of the molecule is O=c1ccn([C@@H]2O[C@H](CO)C(O)[C@]23CC3(F)F)c(=O)[nH]1. The Hall–Kier alpha value is -1.58. The predicted octanol–water partition coefficient (Wildman–Crippen LogP) is -1.19. The fraction of sp³-hybridized carbons (Fsp3) is 0.636. The van der Waals surface area contributed by atoms with Crippen molar-refractivity contribution < 1.29 is 23.7 Å². The van der Waals surface area contributed by atoms with Gasteiger partial charge in [0.1, 0.15) is 11.5 Å². The number of aliphatic hydroxyl groups excluding tert-OH is 2. The fourth-order valence-electron chi connectivity index (χ4n) is 2.82. The highest BCUT2D eigenvalue weighted by molar-refractivity contribution is 5.21. The number of aliphatic hydroxyl groups is 2. The molecular weight excluding hydrogens is 278 g/mol. The Morgan fingerprint density at radius 2 is 2.15 bits per heavy atom. The van der Waals surface area contributed by atoms with Crippen molar-refractivity contribution in [3.05, 3.63) is 33.1 Å². The van der Waals surface area contributed by atoms with Crippen LogP contribution in [0.15, 0.2) is 21.9 Å². The van der Waals surface area contributed by atoms with Gasteiger partial charge in [-0.25, -0.2) is 13.6 Å². The van der Waals surface area contributed by atoms with Crippen LogP contribution < -0.4 is 11.2 Å². The summed E-state index contributed by atoms with van der Waals surface area (Å²) < 4.78 is 33.4. The van der Waals surface area contributed by atoms with Crippen LogP contribution in [0.25, 0.3) is 0 Å². The van der Waals surface area contributed by atoms with Gasteiger partial charge in [0.25, 0.3) is 11.5 Å². The van der Waals surface area contributed by atoms with Crippen LogP contribution >= 0.6 is 0 Å². The second kappa shape index (κ2) is 3.96. The van der Waals surface area contributed by atoms with E-state index < -0.39 is 54.1 Å². The Labute approximate surface area is 110 Å². The van der Waals surface area contributed by atoms with Crippen LogP contribution in [-0.2, 0) is 4.74 Å². The van der Waals surface area contributed by atoms with Gasteiger partial charge in [-0.05, 0) is 0 Å². The van der Waals surface area contributed by atoms with Gasteiger partial charge in [0.2, 0.25) is 0 Å².